The van der Waals surface area contributed by atoms with E-state index in [1.165, 1.54) is 0 Å². The van der Waals surface area contributed by atoms with Gasteiger partial charge in [-0.2, -0.15) is 0 Å². The molecule has 7 nitrogen and oxygen atoms in total. The smallest absolute Gasteiger partial charge is 0.257 e. The highest BCUT2D eigenvalue weighted by atomic mass is 35.5. The van der Waals surface area contributed by atoms with Crippen LogP contribution in [0.2, 0.25) is 5.02 Å². The summed E-state index contributed by atoms with van der Waals surface area (Å²) in [5.41, 5.74) is 2.96. The summed E-state index contributed by atoms with van der Waals surface area (Å²) in [4.78, 5) is 19.7. The van der Waals surface area contributed by atoms with Crippen molar-refractivity contribution in [3.63, 3.8) is 0 Å². The second-order valence-corrected chi connectivity index (χ2v) is 8.03. The van der Waals surface area contributed by atoms with Gasteiger partial charge in [0.25, 0.3) is 5.91 Å². The average Bonchev–Trinajstić information content (AvgIpc) is 2.83. The first-order valence-electron chi connectivity index (χ1n) is 10.5. The number of morpholine rings is 1. The molecule has 0 spiro atoms. The number of ether oxygens (including phenoxy) is 3. The second kappa shape index (κ2) is 9.63. The van der Waals surface area contributed by atoms with Gasteiger partial charge < -0.3 is 24.4 Å². The molecule has 1 fully saturated rings. The number of nitrogens with one attached hydrogen (secondary N) is 1. The van der Waals surface area contributed by atoms with Crippen molar-refractivity contribution in [2.45, 2.75) is 13.0 Å². The van der Waals surface area contributed by atoms with E-state index < -0.39 is 0 Å². The topological polar surface area (TPSA) is 72.9 Å². The van der Waals surface area contributed by atoms with Gasteiger partial charge in [-0.3, -0.25) is 9.78 Å². The maximum Gasteiger partial charge on any atom is 0.257 e. The number of fused-ring (bicyclic) bond motifs is 1. The minimum atomic E-state index is -0.129. The first kappa shape index (κ1) is 22.2. The van der Waals surface area contributed by atoms with Gasteiger partial charge in [-0.05, 0) is 42.8 Å². The zero-order valence-corrected chi connectivity index (χ0v) is 19.1. The molecule has 168 valence electrons. The Kier molecular flexibility index (Phi) is 6.67. The summed E-state index contributed by atoms with van der Waals surface area (Å²) < 4.78 is 16.2. The summed E-state index contributed by atoms with van der Waals surface area (Å²) in [6.45, 7) is 4.20. The third-order valence-corrected chi connectivity index (χ3v) is 5.86. The van der Waals surface area contributed by atoms with Gasteiger partial charge in [-0.1, -0.05) is 17.7 Å². The number of benzene rings is 2. The molecule has 32 heavy (non-hydrogen) atoms. The quantitative estimate of drug-likeness (QED) is 0.587. The van der Waals surface area contributed by atoms with E-state index in [1.54, 1.807) is 31.4 Å². The Hall–Kier alpha value is -3.03. The predicted molar refractivity (Wildman–Crippen MR) is 125 cm³/mol. The van der Waals surface area contributed by atoms with Crippen molar-refractivity contribution < 1.29 is 19.0 Å². The maximum atomic E-state index is 13.4. The zero-order valence-electron chi connectivity index (χ0n) is 18.4. The number of aromatic nitrogens is 1. The number of halogens is 1. The number of carbonyl (C=O) groups excluding carboxylic acids is 1. The number of methoxy groups -OCH3 is 2. The van der Waals surface area contributed by atoms with E-state index in [0.717, 1.165) is 16.5 Å². The van der Waals surface area contributed by atoms with E-state index in [4.69, 9.17) is 25.8 Å². The Labute approximate surface area is 192 Å². The molecule has 2 aromatic carbocycles. The standard InChI is InChI=1S/C24H26ClN3O4/c1-15(16-4-7-21(30-2)22(12-16)31-3)27-23-18-13-17(25)5-6-20(18)26-14-19(23)24(29)28-8-10-32-11-9-28/h4-7,12-15H,8-11H2,1-3H3,(H,26,27). The molecule has 0 radical (unpaired) electrons. The molecule has 8 heteroatoms. The maximum absolute atomic E-state index is 13.4. The van der Waals surface area contributed by atoms with Crippen LogP contribution in [0.1, 0.15) is 28.9 Å². The number of pyridine rings is 1. The lowest BCUT2D eigenvalue weighted by molar-refractivity contribution is 0.0303. The van der Waals surface area contributed by atoms with E-state index in [2.05, 4.69) is 10.3 Å². The lowest BCUT2D eigenvalue weighted by Gasteiger charge is -2.28. The highest BCUT2D eigenvalue weighted by Gasteiger charge is 2.24. The fourth-order valence-electron chi connectivity index (χ4n) is 3.84. The molecule has 0 saturated carbocycles. The van der Waals surface area contributed by atoms with Gasteiger partial charge in [-0.25, -0.2) is 0 Å². The Balaban J connectivity index is 1.75. The number of anilines is 1. The molecule has 4 rings (SSSR count). The summed E-state index contributed by atoms with van der Waals surface area (Å²) in [7, 11) is 3.22. The molecule has 1 aliphatic rings. The first-order valence-corrected chi connectivity index (χ1v) is 10.8. The Morgan fingerprint density at radius 2 is 1.88 bits per heavy atom. The minimum absolute atomic E-state index is 0.0790. The Morgan fingerprint density at radius 1 is 1.12 bits per heavy atom. The van der Waals surface area contributed by atoms with Gasteiger partial charge in [-0.15, -0.1) is 0 Å². The Bertz CT molecular complexity index is 1130. The third-order valence-electron chi connectivity index (χ3n) is 5.63. The van der Waals surface area contributed by atoms with E-state index in [0.29, 0.717) is 54.1 Å². The number of hydrogen-bond acceptors (Lipinski definition) is 6. The van der Waals surface area contributed by atoms with Gasteiger partial charge in [0.05, 0.1) is 44.2 Å². The van der Waals surface area contributed by atoms with Gasteiger partial charge in [0.1, 0.15) is 0 Å². The lowest BCUT2D eigenvalue weighted by Crippen LogP contribution is -2.41. The predicted octanol–water partition coefficient (Wildman–Crippen LogP) is 4.55. The third kappa shape index (κ3) is 4.45. The van der Waals surface area contributed by atoms with Crippen molar-refractivity contribution in [3.05, 3.63) is 58.7 Å². The van der Waals surface area contributed by atoms with Crippen molar-refractivity contribution in [3.8, 4) is 11.5 Å². The molecule has 0 bridgehead atoms. The summed E-state index contributed by atoms with van der Waals surface area (Å²) in [5.74, 6) is 1.23. The molecule has 1 aliphatic heterocycles. The van der Waals surface area contributed by atoms with Crippen LogP contribution < -0.4 is 14.8 Å². The summed E-state index contributed by atoms with van der Waals surface area (Å²) >= 11 is 6.30. The van der Waals surface area contributed by atoms with Gasteiger partial charge >= 0.3 is 0 Å². The fourth-order valence-corrected chi connectivity index (χ4v) is 4.01. The number of hydrogen-bond donors (Lipinski definition) is 1. The van der Waals surface area contributed by atoms with Crippen molar-refractivity contribution in [1.29, 1.82) is 0 Å². The van der Waals surface area contributed by atoms with Crippen LogP contribution in [0.3, 0.4) is 0 Å². The van der Waals surface area contributed by atoms with Crippen molar-refractivity contribution in [2.75, 3.05) is 45.8 Å². The molecule has 1 atom stereocenters. The molecule has 1 aromatic heterocycles. The van der Waals surface area contributed by atoms with Crippen LogP contribution in [0, 0.1) is 0 Å². The van der Waals surface area contributed by atoms with Crippen molar-refractivity contribution >= 4 is 34.1 Å². The minimum Gasteiger partial charge on any atom is -0.493 e. The average molecular weight is 456 g/mol. The van der Waals surface area contributed by atoms with Crippen LogP contribution in [0.25, 0.3) is 10.9 Å². The normalized spacial score (nSPS) is 14.8. The number of nitrogens with zero attached hydrogens (tertiary/aromatic N) is 2. The summed E-state index contributed by atoms with van der Waals surface area (Å²) in [6, 6.07) is 11.1. The van der Waals surface area contributed by atoms with Crippen LogP contribution in [-0.2, 0) is 4.74 Å². The van der Waals surface area contributed by atoms with Gasteiger partial charge in [0.2, 0.25) is 0 Å². The van der Waals surface area contributed by atoms with E-state index in [1.807, 2.05) is 37.3 Å². The first-order chi connectivity index (χ1) is 15.5. The number of rotatable bonds is 6. The zero-order chi connectivity index (χ0) is 22.7. The molecule has 3 aromatic rings. The molecule has 1 unspecified atom stereocenters. The summed E-state index contributed by atoms with van der Waals surface area (Å²) in [5, 5.41) is 4.91. The van der Waals surface area contributed by atoms with Crippen molar-refractivity contribution in [2.24, 2.45) is 0 Å². The monoisotopic (exact) mass is 455 g/mol. The lowest BCUT2D eigenvalue weighted by atomic mass is 10.0. The van der Waals surface area contributed by atoms with Crippen molar-refractivity contribution in [1.82, 2.24) is 9.88 Å². The van der Waals surface area contributed by atoms with Crippen LogP contribution in [0.4, 0.5) is 5.69 Å². The molecular formula is C24H26ClN3O4. The van der Waals surface area contributed by atoms with E-state index in [9.17, 15) is 4.79 Å². The highest BCUT2D eigenvalue weighted by Crippen LogP contribution is 2.35. The molecule has 1 saturated heterocycles. The van der Waals surface area contributed by atoms with Crippen LogP contribution in [0.5, 0.6) is 11.5 Å². The number of amides is 1. The summed E-state index contributed by atoms with van der Waals surface area (Å²) in [6.07, 6.45) is 1.64. The van der Waals surface area contributed by atoms with Gasteiger partial charge in [0, 0.05) is 35.7 Å². The fraction of sp³-hybridized carbons (Fsp3) is 0.333. The highest BCUT2D eigenvalue weighted by molar-refractivity contribution is 6.31. The second-order valence-electron chi connectivity index (χ2n) is 7.59. The van der Waals surface area contributed by atoms with Crippen LogP contribution >= 0.6 is 11.6 Å². The van der Waals surface area contributed by atoms with Crippen LogP contribution in [-0.4, -0.2) is 56.3 Å². The molecule has 1 amide bonds. The molecular weight excluding hydrogens is 430 g/mol. The SMILES string of the molecule is COc1ccc(C(C)Nc2c(C(=O)N3CCOCC3)cnc3ccc(Cl)cc23)cc1OC. The van der Waals surface area contributed by atoms with E-state index in [-0.39, 0.29) is 11.9 Å². The Morgan fingerprint density at radius 3 is 2.59 bits per heavy atom. The molecule has 0 aliphatic carbocycles. The molecule has 2 heterocycles. The largest absolute Gasteiger partial charge is 0.493 e. The molecule has 1 N–H and O–H groups in total. The van der Waals surface area contributed by atoms with Gasteiger partial charge in [0.15, 0.2) is 11.5 Å². The van der Waals surface area contributed by atoms with E-state index >= 15 is 0 Å². The van der Waals surface area contributed by atoms with Crippen LogP contribution in [0.15, 0.2) is 42.6 Å². The number of carbonyl (C=O) groups is 1.